The fraction of sp³-hybridized carbons (Fsp3) is 0.455. The monoisotopic (exact) mass is 235 g/mol. The van der Waals surface area contributed by atoms with E-state index in [2.05, 4.69) is 15.3 Å². The Morgan fingerprint density at radius 3 is 2.94 bits per heavy atom. The molecule has 0 radical (unpaired) electrons. The number of hydrogen-bond donors (Lipinski definition) is 3. The molecule has 2 aromatic rings. The highest BCUT2D eigenvalue weighted by molar-refractivity contribution is 5.39. The first-order valence-electron chi connectivity index (χ1n) is 5.62. The van der Waals surface area contributed by atoms with Gasteiger partial charge in [-0.15, -0.1) is 0 Å². The molecular formula is C11H17N5O. The van der Waals surface area contributed by atoms with Gasteiger partial charge in [0.15, 0.2) is 0 Å². The van der Waals surface area contributed by atoms with Crippen LogP contribution >= 0.6 is 0 Å². The van der Waals surface area contributed by atoms with Crippen LogP contribution in [0.3, 0.4) is 0 Å². The normalized spacial score (nSPS) is 12.9. The fourth-order valence-corrected chi connectivity index (χ4v) is 1.92. The van der Waals surface area contributed by atoms with Gasteiger partial charge in [0.05, 0.1) is 18.0 Å². The van der Waals surface area contributed by atoms with Crippen molar-refractivity contribution >= 4 is 5.82 Å². The molecule has 92 valence electrons. The summed E-state index contributed by atoms with van der Waals surface area (Å²) in [5.41, 5.74) is 8.25. The van der Waals surface area contributed by atoms with Crippen LogP contribution in [0.25, 0.3) is 0 Å². The second-order valence-corrected chi connectivity index (χ2v) is 4.05. The Hall–Kier alpha value is -1.82. The molecule has 0 amide bonds. The number of H-pyrrole nitrogens is 1. The molecule has 17 heavy (non-hydrogen) atoms. The van der Waals surface area contributed by atoms with E-state index in [-0.39, 0.29) is 0 Å². The van der Waals surface area contributed by atoms with Crippen LogP contribution in [-0.2, 0) is 13.0 Å². The van der Waals surface area contributed by atoms with E-state index in [9.17, 15) is 5.11 Å². The van der Waals surface area contributed by atoms with Gasteiger partial charge in [0, 0.05) is 24.2 Å². The third-order valence-corrected chi connectivity index (χ3v) is 2.75. The van der Waals surface area contributed by atoms with Crippen LogP contribution < -0.4 is 5.73 Å². The number of nitrogens with two attached hydrogens (primary N) is 1. The minimum absolute atomic E-state index is 0.414. The summed E-state index contributed by atoms with van der Waals surface area (Å²) in [5.74, 6) is 0.414. The van der Waals surface area contributed by atoms with Gasteiger partial charge in [0.1, 0.15) is 5.82 Å². The van der Waals surface area contributed by atoms with E-state index < -0.39 is 6.10 Å². The zero-order valence-electron chi connectivity index (χ0n) is 10.0. The van der Waals surface area contributed by atoms with Crippen LogP contribution in [-0.4, -0.2) is 25.1 Å². The van der Waals surface area contributed by atoms with E-state index >= 15 is 0 Å². The number of nitrogens with one attached hydrogen (secondary N) is 1. The lowest BCUT2D eigenvalue weighted by molar-refractivity contribution is 0.176. The molecule has 6 heteroatoms. The van der Waals surface area contributed by atoms with Crippen molar-refractivity contribution in [3.8, 4) is 0 Å². The van der Waals surface area contributed by atoms with Crippen molar-refractivity contribution in [2.45, 2.75) is 32.9 Å². The van der Waals surface area contributed by atoms with Crippen molar-refractivity contribution in [3.63, 3.8) is 0 Å². The topological polar surface area (TPSA) is 92.7 Å². The highest BCUT2D eigenvalue weighted by Crippen LogP contribution is 2.22. The average Bonchev–Trinajstić information content (AvgIpc) is 2.84. The van der Waals surface area contributed by atoms with E-state index in [1.807, 2.05) is 24.6 Å². The largest absolute Gasteiger partial charge is 0.388 e. The maximum absolute atomic E-state index is 10.1. The molecule has 0 spiro atoms. The van der Waals surface area contributed by atoms with Crippen LogP contribution in [0.1, 0.15) is 30.0 Å². The van der Waals surface area contributed by atoms with Crippen molar-refractivity contribution in [2.24, 2.45) is 0 Å². The molecule has 0 fully saturated rings. The van der Waals surface area contributed by atoms with Crippen LogP contribution in [0.5, 0.6) is 0 Å². The third-order valence-electron chi connectivity index (χ3n) is 2.75. The van der Waals surface area contributed by atoms with Gasteiger partial charge in [0.25, 0.3) is 0 Å². The molecule has 0 saturated heterocycles. The molecule has 0 aromatic carbocycles. The number of rotatable bonds is 4. The molecule has 0 saturated carbocycles. The number of aryl methyl sites for hydroxylation is 2. The zero-order valence-corrected chi connectivity index (χ0v) is 10.0. The van der Waals surface area contributed by atoms with Crippen molar-refractivity contribution < 1.29 is 5.11 Å². The standard InChI is InChI=1S/C11H17N5O/c1-3-16-8(4-7(2)15-16)5-10(17)9-6-13-14-11(9)12/h4,6,10,17H,3,5H2,1-2H3,(H3,12,13,14). The van der Waals surface area contributed by atoms with Gasteiger partial charge in [-0.2, -0.15) is 10.2 Å². The average molecular weight is 235 g/mol. The summed E-state index contributed by atoms with van der Waals surface area (Å²) in [7, 11) is 0. The molecule has 0 aliphatic heterocycles. The van der Waals surface area contributed by atoms with Gasteiger partial charge in [-0.1, -0.05) is 0 Å². The Morgan fingerprint density at radius 2 is 2.35 bits per heavy atom. The summed E-state index contributed by atoms with van der Waals surface area (Å²) in [6, 6.07) is 1.98. The second kappa shape index (κ2) is 4.58. The van der Waals surface area contributed by atoms with E-state index in [0.717, 1.165) is 17.9 Å². The Labute approximate surface area is 99.5 Å². The Kier molecular flexibility index (Phi) is 3.14. The molecule has 1 atom stereocenters. The second-order valence-electron chi connectivity index (χ2n) is 4.05. The first kappa shape index (κ1) is 11.7. The molecule has 2 rings (SSSR count). The van der Waals surface area contributed by atoms with E-state index in [1.54, 1.807) is 6.20 Å². The van der Waals surface area contributed by atoms with Gasteiger partial charge in [-0.25, -0.2) is 0 Å². The Bertz CT molecular complexity index is 502. The van der Waals surface area contributed by atoms with Crippen molar-refractivity contribution in [1.29, 1.82) is 0 Å². The molecule has 4 N–H and O–H groups in total. The lowest BCUT2D eigenvalue weighted by atomic mass is 10.1. The maximum atomic E-state index is 10.1. The predicted molar refractivity (Wildman–Crippen MR) is 64.3 cm³/mol. The van der Waals surface area contributed by atoms with Gasteiger partial charge in [-0.3, -0.25) is 9.78 Å². The minimum atomic E-state index is -0.657. The highest BCUT2D eigenvalue weighted by Gasteiger charge is 2.16. The SMILES string of the molecule is CCn1nc(C)cc1CC(O)c1cn[nH]c1N. The number of aromatic nitrogens is 4. The molecule has 2 aromatic heterocycles. The Morgan fingerprint density at radius 1 is 1.59 bits per heavy atom. The molecular weight excluding hydrogens is 218 g/mol. The van der Waals surface area contributed by atoms with Crippen LogP contribution in [0, 0.1) is 6.92 Å². The van der Waals surface area contributed by atoms with Crippen LogP contribution in [0.15, 0.2) is 12.3 Å². The maximum Gasteiger partial charge on any atom is 0.124 e. The number of nitrogen functional groups attached to an aromatic ring is 1. The molecule has 6 nitrogen and oxygen atoms in total. The quantitative estimate of drug-likeness (QED) is 0.730. The van der Waals surface area contributed by atoms with Gasteiger partial charge >= 0.3 is 0 Å². The Balaban J connectivity index is 2.18. The summed E-state index contributed by atoms with van der Waals surface area (Å²) >= 11 is 0. The lowest BCUT2D eigenvalue weighted by Crippen LogP contribution is -2.09. The number of hydrogen-bond acceptors (Lipinski definition) is 4. The van der Waals surface area contributed by atoms with Crippen molar-refractivity contribution in [2.75, 3.05) is 5.73 Å². The molecule has 0 bridgehead atoms. The minimum Gasteiger partial charge on any atom is -0.388 e. The lowest BCUT2D eigenvalue weighted by Gasteiger charge is -2.10. The number of aliphatic hydroxyl groups excluding tert-OH is 1. The van der Waals surface area contributed by atoms with Gasteiger partial charge in [0.2, 0.25) is 0 Å². The smallest absolute Gasteiger partial charge is 0.124 e. The fourth-order valence-electron chi connectivity index (χ4n) is 1.92. The van der Waals surface area contributed by atoms with Crippen LogP contribution in [0.2, 0.25) is 0 Å². The predicted octanol–water partition coefficient (Wildman–Crippen LogP) is 0.793. The molecule has 1 unspecified atom stereocenters. The van der Waals surface area contributed by atoms with Gasteiger partial charge in [-0.05, 0) is 19.9 Å². The third kappa shape index (κ3) is 2.31. The van der Waals surface area contributed by atoms with E-state index in [4.69, 9.17) is 5.73 Å². The summed E-state index contributed by atoms with van der Waals surface area (Å²) in [6.45, 7) is 4.75. The van der Waals surface area contributed by atoms with Crippen molar-refractivity contribution in [3.05, 3.63) is 29.2 Å². The zero-order chi connectivity index (χ0) is 12.4. The van der Waals surface area contributed by atoms with Gasteiger partial charge < -0.3 is 10.8 Å². The van der Waals surface area contributed by atoms with Crippen LogP contribution in [0.4, 0.5) is 5.82 Å². The van der Waals surface area contributed by atoms with E-state index in [0.29, 0.717) is 17.8 Å². The number of aliphatic hydroxyl groups is 1. The first-order valence-corrected chi connectivity index (χ1v) is 5.62. The van der Waals surface area contributed by atoms with E-state index in [1.165, 1.54) is 0 Å². The molecule has 0 aliphatic carbocycles. The number of anilines is 1. The summed E-state index contributed by atoms with van der Waals surface area (Å²) < 4.78 is 1.88. The molecule has 2 heterocycles. The summed E-state index contributed by atoms with van der Waals surface area (Å²) in [4.78, 5) is 0. The summed E-state index contributed by atoms with van der Waals surface area (Å²) in [6.07, 6.45) is 1.38. The number of aromatic amines is 1. The summed E-state index contributed by atoms with van der Waals surface area (Å²) in [5, 5.41) is 20.8. The van der Waals surface area contributed by atoms with Crippen molar-refractivity contribution in [1.82, 2.24) is 20.0 Å². The highest BCUT2D eigenvalue weighted by atomic mass is 16.3. The number of nitrogens with zero attached hydrogens (tertiary/aromatic N) is 3. The first-order chi connectivity index (χ1) is 8.11. The molecule has 0 aliphatic rings.